The highest BCUT2D eigenvalue weighted by atomic mass is 16.6. The molecule has 0 radical (unpaired) electrons. The Labute approximate surface area is 113 Å². The molecule has 0 aromatic heterocycles. The summed E-state index contributed by atoms with van der Waals surface area (Å²) in [5.41, 5.74) is 0.796. The summed E-state index contributed by atoms with van der Waals surface area (Å²) in [6, 6.07) is 0. The van der Waals surface area contributed by atoms with Crippen molar-refractivity contribution < 1.29 is 20.1 Å². The molecule has 4 atom stereocenters. The van der Waals surface area contributed by atoms with Crippen LogP contribution in [0.15, 0.2) is 23.3 Å². The van der Waals surface area contributed by atoms with E-state index in [9.17, 15) is 15.3 Å². The monoisotopic (exact) mass is 266 g/mol. The third-order valence-corrected chi connectivity index (χ3v) is 5.17. The maximum Gasteiger partial charge on any atom is 0.203 e. The van der Waals surface area contributed by atoms with Crippen LogP contribution >= 0.6 is 0 Å². The Hall–Kier alpha value is -0.680. The summed E-state index contributed by atoms with van der Waals surface area (Å²) in [5, 5.41) is 31.3. The molecule has 3 N–H and O–H groups in total. The van der Waals surface area contributed by atoms with E-state index in [2.05, 4.69) is 6.58 Å². The Balaban J connectivity index is 2.12. The van der Waals surface area contributed by atoms with E-state index in [1.807, 2.05) is 13.8 Å². The van der Waals surface area contributed by atoms with E-state index in [1.165, 1.54) is 0 Å². The van der Waals surface area contributed by atoms with Crippen LogP contribution in [0, 0.1) is 11.3 Å². The lowest BCUT2D eigenvalue weighted by atomic mass is 9.69. The first-order chi connectivity index (χ1) is 8.76. The third-order valence-electron chi connectivity index (χ3n) is 5.17. The smallest absolute Gasteiger partial charge is 0.203 e. The van der Waals surface area contributed by atoms with Crippen molar-refractivity contribution in [2.24, 2.45) is 11.3 Å². The molecule has 0 unspecified atom stereocenters. The Morgan fingerprint density at radius 3 is 2.68 bits per heavy atom. The maximum atomic E-state index is 11.0. The van der Waals surface area contributed by atoms with Gasteiger partial charge in [-0.15, -0.1) is 0 Å². The van der Waals surface area contributed by atoms with Crippen molar-refractivity contribution in [3.8, 4) is 0 Å². The first-order valence-corrected chi connectivity index (χ1v) is 6.86. The van der Waals surface area contributed by atoms with Gasteiger partial charge < -0.3 is 20.1 Å². The van der Waals surface area contributed by atoms with Crippen molar-refractivity contribution in [1.82, 2.24) is 0 Å². The van der Waals surface area contributed by atoms with Gasteiger partial charge >= 0.3 is 0 Å². The quantitative estimate of drug-likeness (QED) is 0.622. The number of fused-ring (bicyclic) bond motifs is 2. The van der Waals surface area contributed by atoms with Gasteiger partial charge in [-0.3, -0.25) is 0 Å². The molecule has 2 aliphatic carbocycles. The number of aliphatic hydroxyl groups is 3. The average molecular weight is 266 g/mol. The average Bonchev–Trinajstić information content (AvgIpc) is 2.82. The van der Waals surface area contributed by atoms with Crippen LogP contribution < -0.4 is 0 Å². The zero-order chi connectivity index (χ0) is 14.1. The van der Waals surface area contributed by atoms with Gasteiger partial charge in [-0.05, 0) is 35.3 Å². The van der Waals surface area contributed by atoms with Crippen LogP contribution in [0.3, 0.4) is 0 Å². The second kappa shape index (κ2) is 3.70. The molecule has 19 heavy (non-hydrogen) atoms. The van der Waals surface area contributed by atoms with E-state index in [0.717, 1.165) is 17.6 Å². The molecule has 1 saturated heterocycles. The molecule has 0 bridgehead atoms. The van der Waals surface area contributed by atoms with Crippen molar-refractivity contribution in [3.63, 3.8) is 0 Å². The van der Waals surface area contributed by atoms with Gasteiger partial charge in [-0.1, -0.05) is 26.0 Å². The number of rotatable bonds is 1. The summed E-state index contributed by atoms with van der Waals surface area (Å²) < 4.78 is 5.45. The molecule has 1 fully saturated rings. The SMILES string of the molecule is C=C1CO[C@]2(O)C[C@H](C)C3=C(C[C@](C)(CO)C3)[C@]12O. The highest BCUT2D eigenvalue weighted by Gasteiger charge is 2.64. The fourth-order valence-corrected chi connectivity index (χ4v) is 4.00. The molecular formula is C15H22O4. The van der Waals surface area contributed by atoms with Crippen molar-refractivity contribution in [1.29, 1.82) is 0 Å². The van der Waals surface area contributed by atoms with Gasteiger partial charge in [-0.2, -0.15) is 0 Å². The van der Waals surface area contributed by atoms with Gasteiger partial charge in [0.1, 0.15) is 0 Å². The number of hydrogen-bond donors (Lipinski definition) is 3. The minimum Gasteiger partial charge on any atom is -0.396 e. The lowest BCUT2D eigenvalue weighted by Crippen LogP contribution is -2.56. The Morgan fingerprint density at radius 2 is 2.05 bits per heavy atom. The van der Waals surface area contributed by atoms with Crippen LogP contribution in [0.4, 0.5) is 0 Å². The summed E-state index contributed by atoms with van der Waals surface area (Å²) in [6.07, 6.45) is 1.74. The molecule has 4 nitrogen and oxygen atoms in total. The Bertz CT molecular complexity index is 483. The van der Waals surface area contributed by atoms with Gasteiger partial charge in [0.2, 0.25) is 5.79 Å². The number of hydrogen-bond acceptors (Lipinski definition) is 4. The molecule has 0 saturated carbocycles. The van der Waals surface area contributed by atoms with Crippen LogP contribution in [0.25, 0.3) is 0 Å². The number of allylic oxidation sites excluding steroid dienone is 1. The van der Waals surface area contributed by atoms with E-state index in [-0.39, 0.29) is 24.5 Å². The normalized spacial score (nSPS) is 49.5. The zero-order valence-corrected chi connectivity index (χ0v) is 11.6. The van der Waals surface area contributed by atoms with Crippen LogP contribution in [0.1, 0.15) is 33.1 Å². The molecule has 0 spiro atoms. The minimum absolute atomic E-state index is 0.0779. The molecule has 0 aromatic rings. The largest absolute Gasteiger partial charge is 0.396 e. The summed E-state index contributed by atoms with van der Waals surface area (Å²) >= 11 is 0. The van der Waals surface area contributed by atoms with E-state index in [1.54, 1.807) is 0 Å². The van der Waals surface area contributed by atoms with Crippen LogP contribution in [-0.4, -0.2) is 39.9 Å². The second-order valence-corrected chi connectivity index (χ2v) is 6.82. The fraction of sp³-hybridized carbons (Fsp3) is 0.733. The van der Waals surface area contributed by atoms with Gasteiger partial charge in [0.05, 0.1) is 6.61 Å². The first-order valence-electron chi connectivity index (χ1n) is 6.86. The summed E-state index contributed by atoms with van der Waals surface area (Å²) in [4.78, 5) is 0. The third kappa shape index (κ3) is 1.49. The Kier molecular flexibility index (Phi) is 2.59. The predicted molar refractivity (Wildman–Crippen MR) is 70.2 cm³/mol. The Morgan fingerprint density at radius 1 is 1.37 bits per heavy atom. The van der Waals surface area contributed by atoms with Crippen molar-refractivity contribution in [2.45, 2.75) is 44.5 Å². The molecule has 3 aliphatic rings. The molecule has 0 amide bonds. The minimum atomic E-state index is -1.55. The van der Waals surface area contributed by atoms with Crippen molar-refractivity contribution in [2.75, 3.05) is 13.2 Å². The lowest BCUT2D eigenvalue weighted by molar-refractivity contribution is -0.251. The predicted octanol–water partition coefficient (Wildman–Crippen LogP) is 1.12. The standard InChI is InChI=1S/C15H22O4/c1-9-4-14(17)15(18,10(2)7-19-14)12-6-13(3,8-16)5-11(9)12/h9,16-18H,2,4-8H2,1,3H3/t9-,13+,14+,15+/m0/s1. The van der Waals surface area contributed by atoms with Crippen LogP contribution in [-0.2, 0) is 4.74 Å². The van der Waals surface area contributed by atoms with E-state index in [4.69, 9.17) is 4.74 Å². The molecule has 4 heteroatoms. The molecule has 106 valence electrons. The summed E-state index contributed by atoms with van der Waals surface area (Å²) in [5.74, 6) is -1.40. The highest BCUT2D eigenvalue weighted by molar-refractivity contribution is 5.47. The molecule has 1 aliphatic heterocycles. The van der Waals surface area contributed by atoms with Gasteiger partial charge in [0.25, 0.3) is 0 Å². The highest BCUT2D eigenvalue weighted by Crippen LogP contribution is 2.59. The fourth-order valence-electron chi connectivity index (χ4n) is 4.00. The molecule has 1 heterocycles. The van der Waals surface area contributed by atoms with E-state index >= 15 is 0 Å². The first kappa shape index (κ1) is 13.3. The van der Waals surface area contributed by atoms with Crippen LogP contribution in [0.2, 0.25) is 0 Å². The van der Waals surface area contributed by atoms with Crippen molar-refractivity contribution in [3.05, 3.63) is 23.3 Å². The second-order valence-electron chi connectivity index (χ2n) is 6.82. The van der Waals surface area contributed by atoms with Gasteiger partial charge in [0, 0.05) is 13.0 Å². The molecule has 0 aromatic carbocycles. The number of ether oxygens (including phenoxy) is 1. The van der Waals surface area contributed by atoms with E-state index in [0.29, 0.717) is 18.4 Å². The van der Waals surface area contributed by atoms with Gasteiger partial charge in [0.15, 0.2) is 5.60 Å². The van der Waals surface area contributed by atoms with Gasteiger partial charge in [-0.25, -0.2) is 0 Å². The topological polar surface area (TPSA) is 69.9 Å². The lowest BCUT2D eigenvalue weighted by Gasteiger charge is -2.44. The van der Waals surface area contributed by atoms with Crippen molar-refractivity contribution >= 4 is 0 Å². The molecule has 3 rings (SSSR count). The number of aliphatic hydroxyl groups excluding tert-OH is 1. The zero-order valence-electron chi connectivity index (χ0n) is 11.6. The van der Waals surface area contributed by atoms with Crippen LogP contribution in [0.5, 0.6) is 0 Å². The summed E-state index contributed by atoms with van der Waals surface area (Å²) in [6.45, 7) is 8.20. The van der Waals surface area contributed by atoms with E-state index < -0.39 is 11.4 Å². The molecular weight excluding hydrogens is 244 g/mol. The maximum absolute atomic E-state index is 11.0. The summed E-state index contributed by atoms with van der Waals surface area (Å²) in [7, 11) is 0.